The van der Waals surface area contributed by atoms with E-state index in [1.807, 2.05) is 24.4 Å². The number of benzene rings is 1. The van der Waals surface area contributed by atoms with E-state index in [-0.39, 0.29) is 18.5 Å². The van der Waals surface area contributed by atoms with Gasteiger partial charge in [-0.1, -0.05) is 0 Å². The summed E-state index contributed by atoms with van der Waals surface area (Å²) < 4.78 is 7.59. The monoisotopic (exact) mass is 441 g/mol. The third kappa shape index (κ3) is 4.45. The van der Waals surface area contributed by atoms with Crippen LogP contribution in [-0.2, 0) is 0 Å². The molecule has 2 N–H and O–H groups in total. The maximum Gasteiger partial charge on any atom is 0.252 e. The number of ether oxygens (including phenoxy) is 1. The summed E-state index contributed by atoms with van der Waals surface area (Å²) in [5, 5.41) is 15.4. The number of aromatic nitrogens is 4. The molecule has 0 aliphatic carbocycles. The molecule has 9 heteroatoms. The number of methoxy groups -OCH3 is 1. The van der Waals surface area contributed by atoms with E-state index in [0.717, 1.165) is 22.2 Å². The molecule has 0 fully saturated rings. The van der Waals surface area contributed by atoms with Gasteiger partial charge in [0.15, 0.2) is 0 Å². The largest absolute Gasteiger partial charge is 0.495 e. The number of rotatable bonds is 7. The van der Waals surface area contributed by atoms with Crippen LogP contribution in [-0.4, -0.2) is 39.1 Å². The number of nitriles is 1. The van der Waals surface area contributed by atoms with Gasteiger partial charge in [-0.05, 0) is 44.2 Å². The van der Waals surface area contributed by atoms with E-state index in [1.165, 1.54) is 0 Å². The van der Waals surface area contributed by atoms with E-state index in [2.05, 4.69) is 45.2 Å². The summed E-state index contributed by atoms with van der Waals surface area (Å²) in [7, 11) is 1.54. The molecule has 0 aliphatic heterocycles. The summed E-state index contributed by atoms with van der Waals surface area (Å²) in [6.07, 6.45) is 7.38. The predicted molar refractivity (Wildman–Crippen MR) is 125 cm³/mol. The fraction of sp³-hybridized carbons (Fsp3) is 0.208. The number of fused-ring (bicyclic) bond motifs is 1. The second-order valence-electron chi connectivity index (χ2n) is 7.58. The zero-order valence-corrected chi connectivity index (χ0v) is 18.5. The van der Waals surface area contributed by atoms with Gasteiger partial charge in [0.05, 0.1) is 36.3 Å². The van der Waals surface area contributed by atoms with Gasteiger partial charge in [0.2, 0.25) is 5.95 Å². The zero-order chi connectivity index (χ0) is 23.4. The molecule has 3 aromatic heterocycles. The molecule has 0 unspecified atom stereocenters. The third-order valence-corrected chi connectivity index (χ3v) is 5.16. The van der Waals surface area contributed by atoms with Gasteiger partial charge in [-0.2, -0.15) is 5.26 Å². The van der Waals surface area contributed by atoms with Gasteiger partial charge in [-0.15, -0.1) is 0 Å². The number of pyridine rings is 1. The highest BCUT2D eigenvalue weighted by Crippen LogP contribution is 2.32. The Kier molecular flexibility index (Phi) is 6.17. The van der Waals surface area contributed by atoms with Crippen LogP contribution >= 0.6 is 0 Å². The first-order valence-corrected chi connectivity index (χ1v) is 10.4. The van der Waals surface area contributed by atoms with Crippen molar-refractivity contribution in [2.75, 3.05) is 19.0 Å². The molecule has 9 nitrogen and oxygen atoms in total. The second-order valence-corrected chi connectivity index (χ2v) is 7.58. The molecule has 3 heterocycles. The minimum absolute atomic E-state index is 0.0711. The van der Waals surface area contributed by atoms with Crippen LogP contribution in [0.25, 0.3) is 22.2 Å². The average molecular weight is 441 g/mol. The van der Waals surface area contributed by atoms with Gasteiger partial charge in [0, 0.05) is 41.1 Å². The molecule has 0 bridgehead atoms. The molecule has 0 spiro atoms. The smallest absolute Gasteiger partial charge is 0.252 e. The summed E-state index contributed by atoms with van der Waals surface area (Å²) in [5.41, 5.74) is 3.69. The number of carbonyl (C=O) groups excluding carboxylic acids is 1. The molecular weight excluding hydrogens is 418 g/mol. The summed E-state index contributed by atoms with van der Waals surface area (Å²) in [5.74, 6) is 0.537. The molecule has 0 atom stereocenters. The van der Waals surface area contributed by atoms with Crippen molar-refractivity contribution >= 4 is 28.4 Å². The van der Waals surface area contributed by atoms with Crippen LogP contribution in [0.3, 0.4) is 0 Å². The lowest BCUT2D eigenvalue weighted by Gasteiger charge is -2.12. The van der Waals surface area contributed by atoms with Crippen molar-refractivity contribution in [3.05, 3.63) is 60.7 Å². The topological polar surface area (TPSA) is 118 Å². The van der Waals surface area contributed by atoms with Gasteiger partial charge in [-0.3, -0.25) is 9.78 Å². The van der Waals surface area contributed by atoms with Gasteiger partial charge in [-0.25, -0.2) is 9.97 Å². The number of nitrogens with zero attached hydrogens (tertiary/aromatic N) is 5. The van der Waals surface area contributed by atoms with Crippen LogP contribution in [0.1, 0.15) is 30.2 Å². The first-order chi connectivity index (χ1) is 16.0. The fourth-order valence-electron chi connectivity index (χ4n) is 3.59. The van der Waals surface area contributed by atoms with Gasteiger partial charge in [0.1, 0.15) is 12.3 Å². The number of hydrogen-bond donors (Lipinski definition) is 2. The SMILES string of the molecule is COc1ccc(C(=O)NCC#N)cc1Nc1nccc(-c2cn(C(C)C)c3cnccc23)n1. The highest BCUT2D eigenvalue weighted by molar-refractivity contribution is 5.96. The maximum atomic E-state index is 12.3. The molecule has 166 valence electrons. The summed E-state index contributed by atoms with van der Waals surface area (Å²) in [6, 6.07) is 10.9. The van der Waals surface area contributed by atoms with E-state index in [0.29, 0.717) is 22.9 Å². The van der Waals surface area contributed by atoms with Crippen LogP contribution < -0.4 is 15.4 Å². The van der Waals surface area contributed by atoms with Crippen molar-refractivity contribution in [2.45, 2.75) is 19.9 Å². The molecule has 0 aliphatic rings. The van der Waals surface area contributed by atoms with E-state index in [1.54, 1.807) is 37.7 Å². The van der Waals surface area contributed by atoms with Crippen molar-refractivity contribution in [2.24, 2.45) is 0 Å². The Labute approximate surface area is 191 Å². The van der Waals surface area contributed by atoms with Gasteiger partial charge in [0.25, 0.3) is 5.91 Å². The number of carbonyl (C=O) groups is 1. The van der Waals surface area contributed by atoms with Crippen molar-refractivity contribution < 1.29 is 9.53 Å². The third-order valence-electron chi connectivity index (χ3n) is 5.16. The van der Waals surface area contributed by atoms with Crippen molar-refractivity contribution in [3.63, 3.8) is 0 Å². The van der Waals surface area contributed by atoms with Crippen molar-refractivity contribution in [1.82, 2.24) is 24.8 Å². The average Bonchev–Trinajstić information content (AvgIpc) is 3.23. The first-order valence-electron chi connectivity index (χ1n) is 10.4. The quantitative estimate of drug-likeness (QED) is 0.415. The highest BCUT2D eigenvalue weighted by atomic mass is 16.5. The molecule has 1 amide bonds. The Hall–Kier alpha value is -4.45. The minimum Gasteiger partial charge on any atom is -0.495 e. The molecule has 0 saturated heterocycles. The van der Waals surface area contributed by atoms with Crippen LogP contribution in [0.2, 0.25) is 0 Å². The number of nitrogens with one attached hydrogen (secondary N) is 2. The van der Waals surface area contributed by atoms with E-state index in [9.17, 15) is 4.79 Å². The van der Waals surface area contributed by atoms with Crippen LogP contribution in [0.4, 0.5) is 11.6 Å². The van der Waals surface area contributed by atoms with E-state index < -0.39 is 0 Å². The van der Waals surface area contributed by atoms with Gasteiger partial charge >= 0.3 is 0 Å². The lowest BCUT2D eigenvalue weighted by molar-refractivity contribution is 0.0958. The van der Waals surface area contributed by atoms with Gasteiger partial charge < -0.3 is 19.9 Å². The molecule has 33 heavy (non-hydrogen) atoms. The second kappa shape index (κ2) is 9.36. The standard InChI is InChI=1S/C24H23N7O2/c1-15(2)31-14-18(17-6-9-26-13-21(17)31)19-7-10-28-24(29-19)30-20-12-16(4-5-22(20)33-3)23(32)27-11-8-25/h4-7,9-10,12-15H,11H2,1-3H3,(H,27,32)(H,28,29,30). The van der Waals surface area contributed by atoms with E-state index in [4.69, 9.17) is 15.0 Å². The molecule has 1 aromatic carbocycles. The fourth-order valence-corrected chi connectivity index (χ4v) is 3.59. The maximum absolute atomic E-state index is 12.3. The molecule has 4 aromatic rings. The minimum atomic E-state index is -0.355. The highest BCUT2D eigenvalue weighted by Gasteiger charge is 2.15. The Bertz CT molecular complexity index is 1350. The Morgan fingerprint density at radius 2 is 2.09 bits per heavy atom. The molecule has 0 radical (unpaired) electrons. The normalized spacial score (nSPS) is 10.8. The summed E-state index contributed by atoms with van der Waals surface area (Å²) in [4.78, 5) is 25.6. The summed E-state index contributed by atoms with van der Waals surface area (Å²) in [6.45, 7) is 4.17. The molecular formula is C24H23N7O2. The van der Waals surface area contributed by atoms with Crippen LogP contribution in [0.5, 0.6) is 5.75 Å². The molecule has 4 rings (SSSR count). The van der Waals surface area contributed by atoms with E-state index >= 15 is 0 Å². The number of anilines is 2. The Balaban J connectivity index is 1.70. The zero-order valence-electron chi connectivity index (χ0n) is 18.5. The molecule has 0 saturated carbocycles. The Morgan fingerprint density at radius 1 is 1.24 bits per heavy atom. The summed E-state index contributed by atoms with van der Waals surface area (Å²) >= 11 is 0. The number of hydrogen-bond acceptors (Lipinski definition) is 7. The predicted octanol–water partition coefficient (Wildman–Crippen LogP) is 4.08. The lowest BCUT2D eigenvalue weighted by Crippen LogP contribution is -2.23. The number of amides is 1. The Morgan fingerprint density at radius 3 is 2.85 bits per heavy atom. The van der Waals surface area contributed by atoms with Crippen LogP contribution in [0.15, 0.2) is 55.1 Å². The van der Waals surface area contributed by atoms with Crippen molar-refractivity contribution in [1.29, 1.82) is 5.26 Å². The first kappa shape index (κ1) is 21.8. The van der Waals surface area contributed by atoms with Crippen molar-refractivity contribution in [3.8, 4) is 23.1 Å². The van der Waals surface area contributed by atoms with Crippen LogP contribution in [0, 0.1) is 11.3 Å². The lowest BCUT2D eigenvalue weighted by atomic mass is 10.1.